The second-order valence-corrected chi connectivity index (χ2v) is 8.80. The number of piperidine rings is 1. The van der Waals surface area contributed by atoms with Crippen molar-refractivity contribution in [3.8, 4) is 11.5 Å². The molecule has 1 aromatic rings. The van der Waals surface area contributed by atoms with E-state index < -0.39 is 6.10 Å². The van der Waals surface area contributed by atoms with Crippen LogP contribution in [0.25, 0.3) is 0 Å². The van der Waals surface area contributed by atoms with Crippen LogP contribution in [0.2, 0.25) is 0 Å². The van der Waals surface area contributed by atoms with Crippen LogP contribution in [-0.4, -0.2) is 80.7 Å². The van der Waals surface area contributed by atoms with Crippen LogP contribution in [0, 0.1) is 5.41 Å². The molecule has 0 spiro atoms. The molecule has 0 bridgehead atoms. The quantitative estimate of drug-likeness (QED) is 0.733. The van der Waals surface area contributed by atoms with Crippen LogP contribution in [0.4, 0.5) is 0 Å². The Morgan fingerprint density at radius 1 is 1.07 bits per heavy atom. The summed E-state index contributed by atoms with van der Waals surface area (Å²) >= 11 is 0. The van der Waals surface area contributed by atoms with E-state index in [1.165, 1.54) is 18.4 Å². The van der Waals surface area contributed by atoms with Crippen molar-refractivity contribution >= 4 is 0 Å². The van der Waals surface area contributed by atoms with E-state index in [0.29, 0.717) is 17.7 Å². The number of nitrogens with zero attached hydrogens (tertiary/aromatic N) is 2. The van der Waals surface area contributed by atoms with Crippen molar-refractivity contribution in [2.24, 2.45) is 5.41 Å². The molecule has 6 heteroatoms. The van der Waals surface area contributed by atoms with Gasteiger partial charge in [0.1, 0.15) is 12.7 Å². The molecule has 0 radical (unpaired) electrons. The summed E-state index contributed by atoms with van der Waals surface area (Å²) in [5, 5.41) is 10.3. The summed E-state index contributed by atoms with van der Waals surface area (Å²) in [5.74, 6) is 1.42. The molecule has 0 saturated carbocycles. The highest BCUT2D eigenvalue weighted by atomic mass is 16.5. The molecule has 0 amide bonds. The van der Waals surface area contributed by atoms with Crippen LogP contribution in [0.1, 0.15) is 32.3 Å². The Labute approximate surface area is 169 Å². The van der Waals surface area contributed by atoms with Crippen LogP contribution >= 0.6 is 0 Å². The fourth-order valence-electron chi connectivity index (χ4n) is 3.82. The number of methoxy groups -OCH3 is 1. The van der Waals surface area contributed by atoms with Crippen molar-refractivity contribution in [2.75, 3.05) is 59.7 Å². The van der Waals surface area contributed by atoms with Gasteiger partial charge in [-0.2, -0.15) is 0 Å². The van der Waals surface area contributed by atoms with Gasteiger partial charge in [-0.3, -0.25) is 9.80 Å². The van der Waals surface area contributed by atoms with Gasteiger partial charge in [-0.15, -0.1) is 0 Å². The lowest BCUT2D eigenvalue weighted by Gasteiger charge is -2.37. The molecule has 2 aliphatic heterocycles. The third-order valence-corrected chi connectivity index (χ3v) is 5.85. The van der Waals surface area contributed by atoms with Crippen LogP contribution in [0.15, 0.2) is 18.2 Å². The summed E-state index contributed by atoms with van der Waals surface area (Å²) in [6, 6.07) is 6.12. The standard InChI is InChI=1S/C22H36N2O4/c1-22(2)6-8-23(9-7-22)15-18-4-5-20(21(14-18)26-3)28-17-19(25)16-24-10-12-27-13-11-24/h4-5,14,19,25H,6-13,15-17H2,1-3H3/t19-/m1/s1. The zero-order chi connectivity index (χ0) is 20.0. The van der Waals surface area contributed by atoms with E-state index in [9.17, 15) is 5.11 Å². The zero-order valence-corrected chi connectivity index (χ0v) is 17.7. The van der Waals surface area contributed by atoms with E-state index in [1.54, 1.807) is 7.11 Å². The van der Waals surface area contributed by atoms with Crippen LogP contribution in [-0.2, 0) is 11.3 Å². The monoisotopic (exact) mass is 392 g/mol. The topological polar surface area (TPSA) is 54.4 Å². The molecule has 1 atom stereocenters. The van der Waals surface area contributed by atoms with Crippen LogP contribution in [0.3, 0.4) is 0 Å². The van der Waals surface area contributed by atoms with Gasteiger partial charge in [-0.25, -0.2) is 0 Å². The van der Waals surface area contributed by atoms with E-state index >= 15 is 0 Å². The van der Waals surface area contributed by atoms with Gasteiger partial charge in [-0.1, -0.05) is 19.9 Å². The van der Waals surface area contributed by atoms with Crippen molar-refractivity contribution in [1.29, 1.82) is 0 Å². The fraction of sp³-hybridized carbons (Fsp3) is 0.727. The highest BCUT2D eigenvalue weighted by Gasteiger charge is 2.25. The lowest BCUT2D eigenvalue weighted by Crippen LogP contribution is -2.42. The number of morpholine rings is 1. The Hall–Kier alpha value is -1.34. The maximum absolute atomic E-state index is 10.3. The van der Waals surface area contributed by atoms with Crippen molar-refractivity contribution in [3.63, 3.8) is 0 Å². The van der Waals surface area contributed by atoms with Gasteiger partial charge in [0.15, 0.2) is 11.5 Å². The second kappa shape index (κ2) is 9.92. The molecule has 2 aliphatic rings. The van der Waals surface area contributed by atoms with Gasteiger partial charge >= 0.3 is 0 Å². The predicted molar refractivity (Wildman–Crippen MR) is 110 cm³/mol. The minimum Gasteiger partial charge on any atom is -0.493 e. The Kier molecular flexibility index (Phi) is 7.57. The molecule has 0 aliphatic carbocycles. The molecule has 3 rings (SSSR count). The number of hydrogen-bond acceptors (Lipinski definition) is 6. The third-order valence-electron chi connectivity index (χ3n) is 5.85. The molecule has 2 saturated heterocycles. The molecule has 1 N–H and O–H groups in total. The first kappa shape index (κ1) is 21.4. The Morgan fingerprint density at radius 2 is 1.79 bits per heavy atom. The molecule has 6 nitrogen and oxygen atoms in total. The van der Waals surface area contributed by atoms with Crippen molar-refractivity contribution in [3.05, 3.63) is 23.8 Å². The van der Waals surface area contributed by atoms with Crippen molar-refractivity contribution < 1.29 is 19.3 Å². The third kappa shape index (κ3) is 6.34. The van der Waals surface area contributed by atoms with Gasteiger partial charge < -0.3 is 19.3 Å². The number of likely N-dealkylation sites (tertiary alicyclic amines) is 1. The molecule has 2 heterocycles. The molecule has 158 valence electrons. The summed E-state index contributed by atoms with van der Waals surface area (Å²) < 4.78 is 16.7. The zero-order valence-electron chi connectivity index (χ0n) is 17.7. The largest absolute Gasteiger partial charge is 0.493 e. The number of ether oxygens (including phenoxy) is 3. The highest BCUT2D eigenvalue weighted by molar-refractivity contribution is 5.43. The Bertz CT molecular complexity index is 607. The second-order valence-electron chi connectivity index (χ2n) is 8.80. The molecular formula is C22H36N2O4. The van der Waals surface area contributed by atoms with Gasteiger partial charge in [0.2, 0.25) is 0 Å². The molecule has 0 aromatic heterocycles. The first-order chi connectivity index (χ1) is 13.4. The molecule has 0 unspecified atom stereocenters. The molecule has 2 fully saturated rings. The van der Waals surface area contributed by atoms with Crippen LogP contribution in [0.5, 0.6) is 11.5 Å². The van der Waals surface area contributed by atoms with Gasteiger partial charge in [0.25, 0.3) is 0 Å². The maximum Gasteiger partial charge on any atom is 0.161 e. The fourth-order valence-corrected chi connectivity index (χ4v) is 3.82. The SMILES string of the molecule is COc1cc(CN2CCC(C)(C)CC2)ccc1OC[C@H](O)CN1CCOCC1. The summed E-state index contributed by atoms with van der Waals surface area (Å²) in [6.07, 6.45) is 1.96. The van der Waals surface area contributed by atoms with Crippen molar-refractivity contribution in [1.82, 2.24) is 9.80 Å². The molecule has 1 aromatic carbocycles. The molecular weight excluding hydrogens is 356 g/mol. The van der Waals surface area contributed by atoms with E-state index in [0.717, 1.165) is 51.7 Å². The summed E-state index contributed by atoms with van der Waals surface area (Å²) in [4.78, 5) is 4.71. The normalized spacial score (nSPS) is 22.0. The van der Waals surface area contributed by atoms with Crippen molar-refractivity contribution in [2.45, 2.75) is 39.3 Å². The van der Waals surface area contributed by atoms with E-state index in [2.05, 4.69) is 35.8 Å². The van der Waals surface area contributed by atoms with E-state index in [-0.39, 0.29) is 6.61 Å². The summed E-state index contributed by atoms with van der Waals surface area (Å²) in [5.41, 5.74) is 1.70. The Morgan fingerprint density at radius 3 is 2.46 bits per heavy atom. The number of aliphatic hydroxyl groups excluding tert-OH is 1. The highest BCUT2D eigenvalue weighted by Crippen LogP contribution is 2.32. The first-order valence-corrected chi connectivity index (χ1v) is 10.5. The molecule has 28 heavy (non-hydrogen) atoms. The van der Waals surface area contributed by atoms with E-state index in [4.69, 9.17) is 14.2 Å². The van der Waals surface area contributed by atoms with Gasteiger partial charge in [0.05, 0.1) is 20.3 Å². The summed E-state index contributed by atoms with van der Waals surface area (Å²) in [7, 11) is 1.67. The first-order valence-electron chi connectivity index (χ1n) is 10.5. The Balaban J connectivity index is 1.49. The number of benzene rings is 1. The lowest BCUT2D eigenvalue weighted by atomic mass is 9.82. The number of rotatable bonds is 8. The van der Waals surface area contributed by atoms with E-state index in [1.807, 2.05) is 6.07 Å². The number of aliphatic hydroxyl groups is 1. The average Bonchev–Trinajstić information content (AvgIpc) is 2.69. The predicted octanol–water partition coefficient (Wildman–Crippen LogP) is 2.39. The van der Waals surface area contributed by atoms with Gasteiger partial charge in [-0.05, 0) is 49.0 Å². The number of β-amino-alcohol motifs (C(OH)–C–C–N with tert-alkyl or cyclic N) is 1. The lowest BCUT2D eigenvalue weighted by molar-refractivity contribution is 0.00445. The smallest absolute Gasteiger partial charge is 0.161 e. The number of hydrogen-bond donors (Lipinski definition) is 1. The van der Waals surface area contributed by atoms with Gasteiger partial charge in [0, 0.05) is 26.2 Å². The minimum absolute atomic E-state index is 0.258. The summed E-state index contributed by atoms with van der Waals surface area (Å²) in [6.45, 7) is 12.0. The van der Waals surface area contributed by atoms with Crippen LogP contribution < -0.4 is 9.47 Å². The minimum atomic E-state index is -0.529. The maximum atomic E-state index is 10.3. The average molecular weight is 393 g/mol.